The Hall–Kier alpha value is -0.0400. The van der Waals surface area contributed by atoms with Gasteiger partial charge in [0.15, 0.2) is 0 Å². The molecule has 116 valence electrons. The van der Waals surface area contributed by atoms with Gasteiger partial charge in [0.2, 0.25) is 0 Å². The Balaban J connectivity index is 3.13. The molecule has 0 bridgehead atoms. The van der Waals surface area contributed by atoms with Crippen LogP contribution in [0.2, 0.25) is 0 Å². The van der Waals surface area contributed by atoms with Crippen LogP contribution in [-0.4, -0.2) is 13.1 Å². The summed E-state index contributed by atoms with van der Waals surface area (Å²) >= 11 is 0. The maximum absolute atomic E-state index is 3.34. The number of hydrogen-bond donors (Lipinski definition) is 1. The number of hydrogen-bond acceptors (Lipinski definition) is 1. The maximum Gasteiger partial charge on any atom is 0.00382 e. The van der Waals surface area contributed by atoms with Gasteiger partial charge in [0.05, 0.1) is 0 Å². The fourth-order valence-corrected chi connectivity index (χ4v) is 2.82. The van der Waals surface area contributed by atoms with E-state index >= 15 is 0 Å². The average Bonchev–Trinajstić information content (AvgIpc) is 2.40. The highest BCUT2D eigenvalue weighted by atomic mass is 14.8. The van der Waals surface area contributed by atoms with Crippen LogP contribution in [0.15, 0.2) is 0 Å². The van der Waals surface area contributed by atoms with E-state index in [1.54, 1.807) is 0 Å². The summed E-state index contributed by atoms with van der Waals surface area (Å²) in [6.45, 7) is 6.98. The van der Waals surface area contributed by atoms with Gasteiger partial charge in [0.25, 0.3) is 0 Å². The number of nitrogens with one attached hydrogen (secondary N) is 1. The van der Waals surface area contributed by atoms with Crippen molar-refractivity contribution in [3.05, 3.63) is 0 Å². The van der Waals surface area contributed by atoms with Gasteiger partial charge >= 0.3 is 0 Å². The average molecular weight is 270 g/mol. The lowest BCUT2D eigenvalue weighted by Gasteiger charge is -2.16. The second kappa shape index (κ2) is 14.4. The minimum absolute atomic E-state index is 0.679. The molecule has 1 heteroatoms. The van der Waals surface area contributed by atoms with E-state index in [1.807, 2.05) is 0 Å². The summed E-state index contributed by atoms with van der Waals surface area (Å²) in [5.74, 6) is 0.886. The molecule has 1 nitrogen and oxygen atoms in total. The van der Waals surface area contributed by atoms with Gasteiger partial charge in [0, 0.05) is 6.04 Å². The van der Waals surface area contributed by atoms with Crippen molar-refractivity contribution in [3.63, 3.8) is 0 Å². The van der Waals surface area contributed by atoms with E-state index in [-0.39, 0.29) is 0 Å². The van der Waals surface area contributed by atoms with E-state index in [4.69, 9.17) is 0 Å². The molecule has 2 unspecified atom stereocenters. The topological polar surface area (TPSA) is 12.0 Å². The fraction of sp³-hybridized carbons (Fsp3) is 1.00. The van der Waals surface area contributed by atoms with Crippen molar-refractivity contribution >= 4 is 0 Å². The van der Waals surface area contributed by atoms with Crippen molar-refractivity contribution in [1.29, 1.82) is 0 Å². The van der Waals surface area contributed by atoms with E-state index in [0.29, 0.717) is 6.04 Å². The van der Waals surface area contributed by atoms with E-state index in [1.165, 1.54) is 77.0 Å². The van der Waals surface area contributed by atoms with Gasteiger partial charge in [-0.1, -0.05) is 84.5 Å². The van der Waals surface area contributed by atoms with Gasteiger partial charge in [0.1, 0.15) is 0 Å². The molecule has 0 aliphatic carbocycles. The lowest BCUT2D eigenvalue weighted by Crippen LogP contribution is -2.23. The molecule has 0 spiro atoms. The molecule has 0 radical (unpaired) electrons. The zero-order chi connectivity index (χ0) is 14.3. The monoisotopic (exact) mass is 269 g/mol. The second-order valence-electron chi connectivity index (χ2n) is 6.50. The zero-order valence-corrected chi connectivity index (χ0v) is 14.1. The van der Waals surface area contributed by atoms with Crippen molar-refractivity contribution in [3.8, 4) is 0 Å². The number of rotatable bonds is 14. The molecule has 0 aromatic heterocycles. The molecular formula is C18H39N. The van der Waals surface area contributed by atoms with E-state index in [0.717, 1.165) is 5.92 Å². The molecule has 0 fully saturated rings. The SMILES string of the molecule is CCCCCCCCCCCCC(C)CC(C)NC. The highest BCUT2D eigenvalue weighted by molar-refractivity contribution is 4.63. The Labute approximate surface area is 122 Å². The molecule has 1 N–H and O–H groups in total. The molecule has 0 aromatic carbocycles. The van der Waals surface area contributed by atoms with Crippen molar-refractivity contribution < 1.29 is 0 Å². The largest absolute Gasteiger partial charge is 0.317 e. The minimum atomic E-state index is 0.679. The summed E-state index contributed by atoms with van der Waals surface area (Å²) in [7, 11) is 2.07. The van der Waals surface area contributed by atoms with Crippen LogP contribution in [0, 0.1) is 5.92 Å². The Kier molecular flexibility index (Phi) is 14.3. The van der Waals surface area contributed by atoms with Crippen molar-refractivity contribution in [1.82, 2.24) is 5.32 Å². The zero-order valence-electron chi connectivity index (χ0n) is 14.1. The standard InChI is InChI=1S/C18H39N/c1-5-6-7-8-9-10-11-12-13-14-15-17(2)16-18(3)19-4/h17-19H,5-16H2,1-4H3. The summed E-state index contributed by atoms with van der Waals surface area (Å²) in [6.07, 6.45) is 17.2. The lowest BCUT2D eigenvalue weighted by atomic mass is 9.96. The highest BCUT2D eigenvalue weighted by Gasteiger charge is 2.06. The summed E-state index contributed by atoms with van der Waals surface area (Å²) in [5.41, 5.74) is 0. The molecule has 0 saturated heterocycles. The Morgan fingerprint density at radius 3 is 1.68 bits per heavy atom. The molecule has 0 heterocycles. The fourth-order valence-electron chi connectivity index (χ4n) is 2.82. The highest BCUT2D eigenvalue weighted by Crippen LogP contribution is 2.16. The van der Waals surface area contributed by atoms with Crippen molar-refractivity contribution in [2.24, 2.45) is 5.92 Å². The molecule has 0 amide bonds. The molecular weight excluding hydrogens is 230 g/mol. The smallest absolute Gasteiger partial charge is 0.00382 e. The predicted octanol–water partition coefficient (Wildman–Crippen LogP) is 5.93. The first-order chi connectivity index (χ1) is 9.20. The van der Waals surface area contributed by atoms with Crippen LogP contribution >= 0.6 is 0 Å². The predicted molar refractivity (Wildman–Crippen MR) is 88.8 cm³/mol. The van der Waals surface area contributed by atoms with Crippen molar-refractivity contribution in [2.45, 2.75) is 104 Å². The first kappa shape index (κ1) is 19.0. The van der Waals surface area contributed by atoms with E-state index in [2.05, 4.69) is 33.1 Å². The number of unbranched alkanes of at least 4 members (excludes halogenated alkanes) is 9. The second-order valence-corrected chi connectivity index (χ2v) is 6.50. The quantitative estimate of drug-likeness (QED) is 0.385. The van der Waals surface area contributed by atoms with Crippen LogP contribution in [-0.2, 0) is 0 Å². The van der Waals surface area contributed by atoms with Crippen LogP contribution in [0.25, 0.3) is 0 Å². The van der Waals surface area contributed by atoms with Gasteiger partial charge in [-0.05, 0) is 26.3 Å². The van der Waals surface area contributed by atoms with Gasteiger partial charge in [-0.2, -0.15) is 0 Å². The van der Waals surface area contributed by atoms with Crippen LogP contribution in [0.1, 0.15) is 97.8 Å². The van der Waals surface area contributed by atoms with Gasteiger partial charge in [-0.15, -0.1) is 0 Å². The minimum Gasteiger partial charge on any atom is -0.317 e. The van der Waals surface area contributed by atoms with Crippen LogP contribution in [0.4, 0.5) is 0 Å². The Morgan fingerprint density at radius 1 is 0.737 bits per heavy atom. The van der Waals surface area contributed by atoms with Gasteiger partial charge < -0.3 is 5.32 Å². The van der Waals surface area contributed by atoms with Crippen LogP contribution in [0.5, 0.6) is 0 Å². The molecule has 19 heavy (non-hydrogen) atoms. The van der Waals surface area contributed by atoms with Crippen molar-refractivity contribution in [2.75, 3.05) is 7.05 Å². The van der Waals surface area contributed by atoms with E-state index in [9.17, 15) is 0 Å². The van der Waals surface area contributed by atoms with Gasteiger partial charge in [-0.25, -0.2) is 0 Å². The Bertz CT molecular complexity index is 167. The maximum atomic E-state index is 3.34. The Morgan fingerprint density at radius 2 is 1.21 bits per heavy atom. The third kappa shape index (κ3) is 14.2. The molecule has 0 aliphatic rings. The third-order valence-electron chi connectivity index (χ3n) is 4.30. The third-order valence-corrected chi connectivity index (χ3v) is 4.30. The first-order valence-corrected chi connectivity index (χ1v) is 8.88. The van der Waals surface area contributed by atoms with Crippen LogP contribution in [0.3, 0.4) is 0 Å². The molecule has 0 aliphatic heterocycles. The summed E-state index contributed by atoms with van der Waals surface area (Å²) in [4.78, 5) is 0. The van der Waals surface area contributed by atoms with Crippen LogP contribution < -0.4 is 5.32 Å². The first-order valence-electron chi connectivity index (χ1n) is 8.88. The summed E-state index contributed by atoms with van der Waals surface area (Å²) in [5, 5.41) is 3.34. The molecule has 2 atom stereocenters. The molecule has 0 saturated carbocycles. The molecule has 0 aromatic rings. The normalized spacial score (nSPS) is 14.5. The van der Waals surface area contributed by atoms with Gasteiger partial charge in [-0.3, -0.25) is 0 Å². The lowest BCUT2D eigenvalue weighted by molar-refractivity contribution is 0.402. The summed E-state index contributed by atoms with van der Waals surface area (Å²) in [6, 6.07) is 0.679. The van der Waals surface area contributed by atoms with E-state index < -0.39 is 0 Å². The molecule has 0 rings (SSSR count). The summed E-state index contributed by atoms with van der Waals surface area (Å²) < 4.78 is 0.